The van der Waals surface area contributed by atoms with Crippen molar-refractivity contribution in [2.24, 2.45) is 5.92 Å². The van der Waals surface area contributed by atoms with Crippen molar-refractivity contribution in [3.05, 3.63) is 18.0 Å². The van der Waals surface area contributed by atoms with E-state index in [-0.39, 0.29) is 6.10 Å². The van der Waals surface area contributed by atoms with Gasteiger partial charge in [-0.15, -0.1) is 0 Å². The SMILES string of the molecule is CCC(CC)C(O)CNCc1ccnn1CC. The van der Waals surface area contributed by atoms with Crippen molar-refractivity contribution in [2.75, 3.05) is 6.54 Å². The lowest BCUT2D eigenvalue weighted by atomic mass is 9.96. The van der Waals surface area contributed by atoms with Crippen LogP contribution in [0.2, 0.25) is 0 Å². The van der Waals surface area contributed by atoms with Gasteiger partial charge in [0.2, 0.25) is 0 Å². The maximum atomic E-state index is 9.98. The normalized spacial score (nSPS) is 13.2. The van der Waals surface area contributed by atoms with E-state index >= 15 is 0 Å². The topological polar surface area (TPSA) is 50.1 Å². The third-order valence-electron chi connectivity index (χ3n) is 3.36. The Hall–Kier alpha value is -0.870. The lowest BCUT2D eigenvalue weighted by Crippen LogP contribution is -2.32. The average molecular weight is 239 g/mol. The van der Waals surface area contributed by atoms with Gasteiger partial charge in [0.15, 0.2) is 0 Å². The van der Waals surface area contributed by atoms with Gasteiger partial charge in [-0.2, -0.15) is 5.10 Å². The predicted molar refractivity (Wildman–Crippen MR) is 69.7 cm³/mol. The number of hydrogen-bond donors (Lipinski definition) is 2. The molecule has 0 spiro atoms. The second-order valence-corrected chi connectivity index (χ2v) is 4.41. The van der Waals surface area contributed by atoms with Crippen LogP contribution in [-0.4, -0.2) is 27.5 Å². The first-order valence-corrected chi connectivity index (χ1v) is 6.62. The Morgan fingerprint density at radius 3 is 2.65 bits per heavy atom. The number of nitrogens with zero attached hydrogens (tertiary/aromatic N) is 2. The van der Waals surface area contributed by atoms with Gasteiger partial charge in [0, 0.05) is 25.8 Å². The Balaban J connectivity index is 2.32. The van der Waals surface area contributed by atoms with Crippen LogP contribution in [-0.2, 0) is 13.1 Å². The third kappa shape index (κ3) is 4.13. The number of aliphatic hydroxyl groups is 1. The minimum Gasteiger partial charge on any atom is -0.392 e. The van der Waals surface area contributed by atoms with E-state index in [9.17, 15) is 5.11 Å². The van der Waals surface area contributed by atoms with E-state index in [0.29, 0.717) is 12.5 Å². The smallest absolute Gasteiger partial charge is 0.0692 e. The highest BCUT2D eigenvalue weighted by Gasteiger charge is 2.14. The lowest BCUT2D eigenvalue weighted by Gasteiger charge is -2.20. The van der Waals surface area contributed by atoms with Gasteiger partial charge in [0.1, 0.15) is 0 Å². The predicted octanol–water partition coefficient (Wildman–Crippen LogP) is 1.79. The Bertz CT molecular complexity index is 307. The maximum absolute atomic E-state index is 9.98. The minimum absolute atomic E-state index is 0.247. The monoisotopic (exact) mass is 239 g/mol. The van der Waals surface area contributed by atoms with Crippen LogP contribution < -0.4 is 5.32 Å². The molecule has 0 saturated heterocycles. The van der Waals surface area contributed by atoms with Crippen LogP contribution in [0.3, 0.4) is 0 Å². The van der Waals surface area contributed by atoms with Gasteiger partial charge in [0.25, 0.3) is 0 Å². The van der Waals surface area contributed by atoms with E-state index in [0.717, 1.165) is 25.9 Å². The zero-order valence-corrected chi connectivity index (χ0v) is 11.2. The molecule has 1 rings (SSSR count). The molecule has 0 aromatic carbocycles. The van der Waals surface area contributed by atoms with Crippen LogP contribution in [0.15, 0.2) is 12.3 Å². The molecule has 0 aliphatic carbocycles. The summed E-state index contributed by atoms with van der Waals surface area (Å²) < 4.78 is 1.97. The number of aliphatic hydroxyl groups excluding tert-OH is 1. The Kier molecular flexibility index (Phi) is 6.22. The van der Waals surface area contributed by atoms with Crippen molar-refractivity contribution in [1.29, 1.82) is 0 Å². The number of rotatable bonds is 8. The lowest BCUT2D eigenvalue weighted by molar-refractivity contribution is 0.101. The molecule has 1 unspecified atom stereocenters. The largest absolute Gasteiger partial charge is 0.392 e. The molecule has 0 aliphatic heterocycles. The van der Waals surface area contributed by atoms with Crippen molar-refractivity contribution >= 4 is 0 Å². The molecule has 1 aromatic rings. The third-order valence-corrected chi connectivity index (χ3v) is 3.36. The fourth-order valence-corrected chi connectivity index (χ4v) is 2.14. The fraction of sp³-hybridized carbons (Fsp3) is 0.769. The summed E-state index contributed by atoms with van der Waals surface area (Å²) in [7, 11) is 0. The summed E-state index contributed by atoms with van der Waals surface area (Å²) in [5.74, 6) is 0.401. The quantitative estimate of drug-likeness (QED) is 0.727. The molecular formula is C13H25N3O. The summed E-state index contributed by atoms with van der Waals surface area (Å²) in [4.78, 5) is 0. The van der Waals surface area contributed by atoms with Crippen LogP contribution in [0.25, 0.3) is 0 Å². The summed E-state index contributed by atoms with van der Waals surface area (Å²) in [5.41, 5.74) is 1.17. The summed E-state index contributed by atoms with van der Waals surface area (Å²) in [5, 5.41) is 17.5. The van der Waals surface area contributed by atoms with Crippen LogP contribution >= 0.6 is 0 Å². The Morgan fingerprint density at radius 2 is 2.06 bits per heavy atom. The molecule has 98 valence electrons. The van der Waals surface area contributed by atoms with E-state index in [1.165, 1.54) is 5.69 Å². The number of aromatic nitrogens is 2. The van der Waals surface area contributed by atoms with E-state index < -0.39 is 0 Å². The number of aryl methyl sites for hydroxylation is 1. The van der Waals surface area contributed by atoms with Gasteiger partial charge in [-0.25, -0.2) is 0 Å². The molecule has 0 radical (unpaired) electrons. The molecule has 1 aromatic heterocycles. The Labute approximate surface area is 104 Å². The summed E-state index contributed by atoms with van der Waals surface area (Å²) in [6.45, 7) is 8.65. The van der Waals surface area contributed by atoms with Crippen molar-refractivity contribution in [3.8, 4) is 0 Å². The molecule has 1 heterocycles. The molecule has 0 fully saturated rings. The summed E-state index contributed by atoms with van der Waals surface area (Å²) >= 11 is 0. The molecule has 0 aliphatic rings. The van der Waals surface area contributed by atoms with Gasteiger partial charge in [-0.1, -0.05) is 26.7 Å². The molecule has 0 bridgehead atoms. The maximum Gasteiger partial charge on any atom is 0.0692 e. The second-order valence-electron chi connectivity index (χ2n) is 4.41. The highest BCUT2D eigenvalue weighted by atomic mass is 16.3. The van der Waals surface area contributed by atoms with Crippen molar-refractivity contribution in [3.63, 3.8) is 0 Å². The van der Waals surface area contributed by atoms with Crippen LogP contribution in [0, 0.1) is 5.92 Å². The molecular weight excluding hydrogens is 214 g/mol. The first kappa shape index (κ1) is 14.2. The molecule has 17 heavy (non-hydrogen) atoms. The van der Waals surface area contributed by atoms with E-state index in [4.69, 9.17) is 0 Å². The standard InChI is InChI=1S/C13H25N3O/c1-4-11(5-2)13(17)10-14-9-12-7-8-15-16(12)6-3/h7-8,11,13-14,17H,4-6,9-10H2,1-3H3. The molecule has 1 atom stereocenters. The summed E-state index contributed by atoms with van der Waals surface area (Å²) in [6.07, 6.45) is 3.64. The van der Waals surface area contributed by atoms with Gasteiger partial charge < -0.3 is 10.4 Å². The second kappa shape index (κ2) is 7.45. The van der Waals surface area contributed by atoms with E-state index in [2.05, 4.69) is 31.2 Å². The molecule has 0 saturated carbocycles. The number of nitrogens with one attached hydrogen (secondary N) is 1. The van der Waals surface area contributed by atoms with Crippen molar-refractivity contribution in [2.45, 2.75) is 52.8 Å². The molecule has 0 amide bonds. The highest BCUT2D eigenvalue weighted by molar-refractivity contribution is 4.99. The fourth-order valence-electron chi connectivity index (χ4n) is 2.14. The first-order chi connectivity index (χ1) is 8.22. The average Bonchev–Trinajstić information content (AvgIpc) is 2.78. The van der Waals surface area contributed by atoms with Crippen LogP contribution in [0.5, 0.6) is 0 Å². The van der Waals surface area contributed by atoms with E-state index in [1.807, 2.05) is 16.9 Å². The zero-order valence-electron chi connectivity index (χ0n) is 11.2. The Morgan fingerprint density at radius 1 is 1.35 bits per heavy atom. The highest BCUT2D eigenvalue weighted by Crippen LogP contribution is 2.12. The zero-order chi connectivity index (χ0) is 12.7. The van der Waals surface area contributed by atoms with Gasteiger partial charge in [-0.3, -0.25) is 4.68 Å². The van der Waals surface area contributed by atoms with E-state index in [1.54, 1.807) is 0 Å². The molecule has 2 N–H and O–H groups in total. The van der Waals surface area contributed by atoms with Crippen molar-refractivity contribution in [1.82, 2.24) is 15.1 Å². The first-order valence-electron chi connectivity index (χ1n) is 6.62. The van der Waals surface area contributed by atoms with Crippen LogP contribution in [0.4, 0.5) is 0 Å². The summed E-state index contributed by atoms with van der Waals surface area (Å²) in [6, 6.07) is 2.01. The molecule has 4 nitrogen and oxygen atoms in total. The van der Waals surface area contributed by atoms with Gasteiger partial charge in [-0.05, 0) is 18.9 Å². The number of hydrogen-bond acceptors (Lipinski definition) is 3. The molecule has 4 heteroatoms. The minimum atomic E-state index is -0.247. The van der Waals surface area contributed by atoms with Gasteiger partial charge >= 0.3 is 0 Å². The van der Waals surface area contributed by atoms with Crippen LogP contribution in [0.1, 0.15) is 39.3 Å². The van der Waals surface area contributed by atoms with Gasteiger partial charge in [0.05, 0.1) is 11.8 Å². The van der Waals surface area contributed by atoms with Crippen molar-refractivity contribution < 1.29 is 5.11 Å².